The number of benzene rings is 1. The number of nitrogens with one attached hydrogen (secondary N) is 1. The molecule has 0 saturated carbocycles. The highest BCUT2D eigenvalue weighted by molar-refractivity contribution is 5.77. The maximum absolute atomic E-state index is 12.9. The summed E-state index contributed by atoms with van der Waals surface area (Å²) in [4.78, 5) is 10.6. The first kappa shape index (κ1) is 9.60. The molecule has 1 rings (SSSR count). The van der Waals surface area contributed by atoms with E-state index in [9.17, 15) is 13.6 Å². The molecule has 1 aromatic carbocycles. The third kappa shape index (κ3) is 2.22. The van der Waals surface area contributed by atoms with Gasteiger partial charge in [0.1, 0.15) is 0 Å². The van der Waals surface area contributed by atoms with Gasteiger partial charge in [0.2, 0.25) is 5.91 Å². The minimum absolute atomic E-state index is 0.0912. The summed E-state index contributed by atoms with van der Waals surface area (Å²) in [5, 5.41) is 8.14. The van der Waals surface area contributed by atoms with Crippen LogP contribution in [0.5, 0.6) is 0 Å². The smallest absolute Gasteiger partial charge is 0.247 e. The van der Waals surface area contributed by atoms with Gasteiger partial charge in [0, 0.05) is 5.56 Å². The Hall–Kier alpha value is -1.49. The highest BCUT2D eigenvalue weighted by Crippen LogP contribution is 2.11. The van der Waals surface area contributed by atoms with E-state index >= 15 is 0 Å². The maximum Gasteiger partial charge on any atom is 0.247 e. The van der Waals surface area contributed by atoms with Crippen molar-refractivity contribution < 1.29 is 18.8 Å². The Kier molecular flexibility index (Phi) is 2.92. The molecule has 0 aliphatic heterocycles. The lowest BCUT2D eigenvalue weighted by molar-refractivity contribution is -0.128. The lowest BCUT2D eigenvalue weighted by Crippen LogP contribution is -2.21. The Morgan fingerprint density at radius 1 is 1.46 bits per heavy atom. The third-order valence-corrected chi connectivity index (χ3v) is 1.51. The fourth-order valence-electron chi connectivity index (χ4n) is 0.897. The van der Waals surface area contributed by atoms with E-state index in [4.69, 9.17) is 5.21 Å². The Morgan fingerprint density at radius 3 is 2.77 bits per heavy atom. The van der Waals surface area contributed by atoms with Gasteiger partial charge in [0.25, 0.3) is 0 Å². The number of carbonyl (C=O) groups is 1. The van der Waals surface area contributed by atoms with Crippen LogP contribution in [0, 0.1) is 11.6 Å². The van der Waals surface area contributed by atoms with Crippen molar-refractivity contribution in [3.8, 4) is 0 Å². The number of carbonyl (C=O) groups excluding carboxylic acids is 1. The fraction of sp³-hybridized carbons (Fsp3) is 0.125. The van der Waals surface area contributed by atoms with Crippen molar-refractivity contribution >= 4 is 5.91 Å². The molecule has 70 valence electrons. The third-order valence-electron chi connectivity index (χ3n) is 1.51. The van der Waals surface area contributed by atoms with Crippen LogP contribution < -0.4 is 5.48 Å². The lowest BCUT2D eigenvalue weighted by atomic mass is 10.1. The molecule has 0 heterocycles. The topological polar surface area (TPSA) is 49.3 Å². The molecule has 0 fully saturated rings. The summed E-state index contributed by atoms with van der Waals surface area (Å²) >= 11 is 0. The number of hydrogen-bond donors (Lipinski definition) is 2. The zero-order valence-electron chi connectivity index (χ0n) is 6.55. The highest BCUT2D eigenvalue weighted by atomic mass is 19.2. The second-order valence-electron chi connectivity index (χ2n) is 2.42. The summed E-state index contributed by atoms with van der Waals surface area (Å²) in [6.45, 7) is 0. The minimum Gasteiger partial charge on any atom is -0.289 e. The monoisotopic (exact) mass is 187 g/mol. The quantitative estimate of drug-likeness (QED) is 0.536. The van der Waals surface area contributed by atoms with Crippen molar-refractivity contribution in [1.82, 2.24) is 5.48 Å². The average molecular weight is 187 g/mol. The number of hydroxylamine groups is 1. The van der Waals surface area contributed by atoms with Crippen LogP contribution in [0.2, 0.25) is 0 Å². The van der Waals surface area contributed by atoms with Gasteiger partial charge in [-0.1, -0.05) is 12.1 Å². The molecule has 0 spiro atoms. The van der Waals surface area contributed by atoms with E-state index in [0.717, 1.165) is 6.07 Å². The second-order valence-corrected chi connectivity index (χ2v) is 2.42. The predicted molar refractivity (Wildman–Crippen MR) is 40.0 cm³/mol. The van der Waals surface area contributed by atoms with E-state index in [0.29, 0.717) is 0 Å². The molecule has 0 aliphatic rings. The summed E-state index contributed by atoms with van der Waals surface area (Å²) < 4.78 is 25.4. The first-order valence-corrected chi connectivity index (χ1v) is 3.51. The van der Waals surface area contributed by atoms with Crippen LogP contribution in [0.25, 0.3) is 0 Å². The van der Waals surface area contributed by atoms with Gasteiger partial charge >= 0.3 is 0 Å². The maximum atomic E-state index is 12.9. The first-order valence-electron chi connectivity index (χ1n) is 3.51. The van der Waals surface area contributed by atoms with Crippen LogP contribution in [-0.2, 0) is 11.2 Å². The van der Waals surface area contributed by atoms with Gasteiger partial charge in [0.15, 0.2) is 11.6 Å². The molecule has 0 radical (unpaired) electrons. The molecular formula is C8H7F2NO2. The average Bonchev–Trinajstić information content (AvgIpc) is 2.13. The van der Waals surface area contributed by atoms with Gasteiger partial charge in [-0.2, -0.15) is 0 Å². The Labute approximate surface area is 73.0 Å². The summed E-state index contributed by atoms with van der Waals surface area (Å²) in [6, 6.07) is 3.52. The summed E-state index contributed by atoms with van der Waals surface area (Å²) in [5.41, 5.74) is 1.24. The predicted octanol–water partition coefficient (Wildman–Crippen LogP) is 1.01. The first-order chi connectivity index (χ1) is 6.15. The van der Waals surface area contributed by atoms with E-state index in [-0.39, 0.29) is 12.0 Å². The number of hydrogen-bond acceptors (Lipinski definition) is 2. The van der Waals surface area contributed by atoms with Crippen molar-refractivity contribution in [3.63, 3.8) is 0 Å². The van der Waals surface area contributed by atoms with Crippen molar-refractivity contribution in [2.75, 3.05) is 0 Å². The molecule has 3 nitrogen and oxygen atoms in total. The molecule has 0 aromatic heterocycles. The largest absolute Gasteiger partial charge is 0.289 e. The molecule has 5 heteroatoms. The molecule has 0 atom stereocenters. The van der Waals surface area contributed by atoms with E-state index < -0.39 is 17.5 Å². The van der Waals surface area contributed by atoms with E-state index in [1.807, 2.05) is 0 Å². The zero-order valence-corrected chi connectivity index (χ0v) is 6.55. The fourth-order valence-corrected chi connectivity index (χ4v) is 0.897. The molecule has 0 aliphatic carbocycles. The molecule has 1 amide bonds. The molecule has 0 bridgehead atoms. The van der Waals surface area contributed by atoms with Crippen LogP contribution in [0.3, 0.4) is 0 Å². The molecule has 1 aromatic rings. The lowest BCUT2D eigenvalue weighted by Gasteiger charge is -2.01. The van der Waals surface area contributed by atoms with Gasteiger partial charge in [0.05, 0.1) is 6.42 Å². The molecule has 13 heavy (non-hydrogen) atoms. The Bertz CT molecular complexity index is 328. The second kappa shape index (κ2) is 3.95. The van der Waals surface area contributed by atoms with Gasteiger partial charge in [-0.3, -0.25) is 10.0 Å². The van der Waals surface area contributed by atoms with Gasteiger partial charge < -0.3 is 0 Å². The zero-order chi connectivity index (χ0) is 9.84. The Morgan fingerprint density at radius 2 is 2.15 bits per heavy atom. The number of rotatable bonds is 2. The SMILES string of the molecule is O=C(Cc1cccc(F)c1F)NO. The van der Waals surface area contributed by atoms with Crippen molar-refractivity contribution in [2.24, 2.45) is 0 Å². The van der Waals surface area contributed by atoms with E-state index in [1.54, 1.807) is 0 Å². The van der Waals surface area contributed by atoms with Gasteiger partial charge in [-0.25, -0.2) is 14.3 Å². The standard InChI is InChI=1S/C8H7F2NO2/c9-6-3-1-2-5(8(6)10)4-7(12)11-13/h1-3,13H,4H2,(H,11,12). The summed E-state index contributed by atoms with van der Waals surface area (Å²) in [7, 11) is 0. The van der Waals surface area contributed by atoms with E-state index in [2.05, 4.69) is 0 Å². The van der Waals surface area contributed by atoms with E-state index in [1.165, 1.54) is 17.6 Å². The van der Waals surface area contributed by atoms with Crippen LogP contribution >= 0.6 is 0 Å². The van der Waals surface area contributed by atoms with Crippen LogP contribution in [-0.4, -0.2) is 11.1 Å². The normalized spacial score (nSPS) is 9.77. The van der Waals surface area contributed by atoms with Crippen LogP contribution in [0.15, 0.2) is 18.2 Å². The summed E-state index contributed by atoms with van der Waals surface area (Å²) in [6.07, 6.45) is -0.389. The van der Waals surface area contributed by atoms with Gasteiger partial charge in [-0.15, -0.1) is 0 Å². The minimum atomic E-state index is -1.06. The van der Waals surface area contributed by atoms with Crippen LogP contribution in [0.1, 0.15) is 5.56 Å². The molecule has 2 N–H and O–H groups in total. The van der Waals surface area contributed by atoms with Crippen molar-refractivity contribution in [1.29, 1.82) is 0 Å². The molecule has 0 saturated heterocycles. The highest BCUT2D eigenvalue weighted by Gasteiger charge is 2.10. The Balaban J connectivity index is 2.89. The number of amides is 1. The van der Waals surface area contributed by atoms with Crippen LogP contribution in [0.4, 0.5) is 8.78 Å². The molecular weight excluding hydrogens is 180 g/mol. The summed E-state index contributed by atoms with van der Waals surface area (Å²) in [5.74, 6) is -2.86. The van der Waals surface area contributed by atoms with Gasteiger partial charge in [-0.05, 0) is 6.07 Å². The van der Waals surface area contributed by atoms with Crippen molar-refractivity contribution in [2.45, 2.75) is 6.42 Å². The number of halogens is 2. The van der Waals surface area contributed by atoms with Crippen molar-refractivity contribution in [3.05, 3.63) is 35.4 Å². The molecule has 0 unspecified atom stereocenters.